The van der Waals surface area contributed by atoms with Crippen LogP contribution in [-0.4, -0.2) is 32.6 Å². The monoisotopic (exact) mass is 442 g/mol. The minimum Gasteiger partial charge on any atom is -0.481 e. The van der Waals surface area contributed by atoms with Crippen molar-refractivity contribution < 1.29 is 23.4 Å². The average Bonchev–Trinajstić information content (AvgIpc) is 2.79. The Bertz CT molecular complexity index is 1060. The number of benzene rings is 1. The lowest BCUT2D eigenvalue weighted by Crippen LogP contribution is -2.07. The van der Waals surface area contributed by atoms with E-state index in [1.165, 1.54) is 12.1 Å². The van der Waals surface area contributed by atoms with Gasteiger partial charge in [-0.25, -0.2) is 23.7 Å². The number of hydrogen-bond acceptors (Lipinski definition) is 6. The molecule has 2 heterocycles. The van der Waals surface area contributed by atoms with E-state index in [1.807, 2.05) is 26.0 Å². The number of rotatable bonds is 10. The van der Waals surface area contributed by atoms with Gasteiger partial charge in [-0.3, -0.25) is 4.79 Å². The molecule has 1 aromatic carbocycles. The Morgan fingerprint density at radius 3 is 2.53 bits per heavy atom. The zero-order valence-electron chi connectivity index (χ0n) is 17.8. The van der Waals surface area contributed by atoms with Crippen LogP contribution in [0.25, 0.3) is 11.3 Å². The summed E-state index contributed by atoms with van der Waals surface area (Å²) in [5, 5.41) is 12.4. The molecule has 0 amide bonds. The van der Waals surface area contributed by atoms with Gasteiger partial charge in [-0.15, -0.1) is 0 Å². The molecule has 0 spiro atoms. The Morgan fingerprint density at radius 1 is 1.16 bits per heavy atom. The molecule has 2 N–H and O–H groups in total. The van der Waals surface area contributed by atoms with Crippen LogP contribution in [0.15, 0.2) is 48.8 Å². The van der Waals surface area contributed by atoms with Crippen LogP contribution in [-0.2, 0) is 4.79 Å². The van der Waals surface area contributed by atoms with Gasteiger partial charge in [0.15, 0.2) is 0 Å². The van der Waals surface area contributed by atoms with Gasteiger partial charge in [0.05, 0.1) is 36.8 Å². The van der Waals surface area contributed by atoms with Crippen LogP contribution in [0.1, 0.15) is 50.3 Å². The van der Waals surface area contributed by atoms with Crippen molar-refractivity contribution in [2.75, 3.05) is 11.9 Å². The standard InChI is InChI=1S/C23H24F2N4O3/c1-3-14(11-21(30)31)15-8-9-17(18-6-5-7-19(29-18)22(24)25)20(10-15)28-16-12-26-23(27-13-16)32-4-2/h5-10,12-14,22,28H,3-4,11H2,1-2H3,(H,30,31). The number of carboxylic acids is 1. The van der Waals surface area contributed by atoms with Crippen LogP contribution in [0.2, 0.25) is 0 Å². The highest BCUT2D eigenvalue weighted by Gasteiger charge is 2.18. The maximum atomic E-state index is 13.2. The summed E-state index contributed by atoms with van der Waals surface area (Å²) in [4.78, 5) is 23.6. The smallest absolute Gasteiger partial charge is 0.316 e. The van der Waals surface area contributed by atoms with Gasteiger partial charge in [0.1, 0.15) is 5.69 Å². The lowest BCUT2D eigenvalue weighted by molar-refractivity contribution is -0.137. The molecule has 2 aromatic heterocycles. The lowest BCUT2D eigenvalue weighted by atomic mass is 9.91. The summed E-state index contributed by atoms with van der Waals surface area (Å²) < 4.78 is 31.6. The molecule has 3 aromatic rings. The zero-order chi connectivity index (χ0) is 23.1. The Kier molecular flexibility index (Phi) is 7.64. The van der Waals surface area contributed by atoms with Crippen molar-refractivity contribution in [3.05, 3.63) is 60.0 Å². The predicted octanol–water partition coefficient (Wildman–Crippen LogP) is 5.59. The number of pyridine rings is 1. The molecule has 1 unspecified atom stereocenters. The number of halogens is 2. The Morgan fingerprint density at radius 2 is 1.91 bits per heavy atom. The molecular formula is C23H24F2N4O3. The molecule has 32 heavy (non-hydrogen) atoms. The Hall–Kier alpha value is -3.62. The molecule has 1 atom stereocenters. The van der Waals surface area contributed by atoms with Crippen molar-refractivity contribution in [2.45, 2.75) is 39.0 Å². The second kappa shape index (κ2) is 10.6. The van der Waals surface area contributed by atoms with Gasteiger partial charge in [0.25, 0.3) is 6.43 Å². The summed E-state index contributed by atoms with van der Waals surface area (Å²) in [6, 6.07) is 10.1. The highest BCUT2D eigenvalue weighted by atomic mass is 19.3. The molecule has 9 heteroatoms. The molecular weight excluding hydrogens is 418 g/mol. The number of alkyl halides is 2. The summed E-state index contributed by atoms with van der Waals surface area (Å²) >= 11 is 0. The number of ether oxygens (including phenoxy) is 1. The molecule has 0 aliphatic carbocycles. The minimum absolute atomic E-state index is 0.0133. The van der Waals surface area contributed by atoms with Gasteiger partial charge in [-0.2, -0.15) is 0 Å². The van der Waals surface area contributed by atoms with Gasteiger partial charge >= 0.3 is 12.0 Å². The van der Waals surface area contributed by atoms with Crippen LogP contribution in [0.3, 0.4) is 0 Å². The third-order valence-corrected chi connectivity index (χ3v) is 4.88. The van der Waals surface area contributed by atoms with E-state index in [0.29, 0.717) is 35.7 Å². The average molecular weight is 442 g/mol. The number of aliphatic carboxylic acids is 1. The third-order valence-electron chi connectivity index (χ3n) is 4.88. The topological polar surface area (TPSA) is 97.2 Å². The fourth-order valence-corrected chi connectivity index (χ4v) is 3.31. The van der Waals surface area contributed by atoms with E-state index in [0.717, 1.165) is 5.56 Å². The first-order chi connectivity index (χ1) is 15.4. The van der Waals surface area contributed by atoms with E-state index in [4.69, 9.17) is 4.74 Å². The number of nitrogens with zero attached hydrogens (tertiary/aromatic N) is 3. The first kappa shape index (κ1) is 23.1. The predicted molar refractivity (Wildman–Crippen MR) is 116 cm³/mol. The van der Waals surface area contributed by atoms with E-state index >= 15 is 0 Å². The van der Waals surface area contributed by atoms with Gasteiger partial charge in [0.2, 0.25) is 0 Å². The number of aromatic nitrogens is 3. The Balaban J connectivity index is 2.03. The molecule has 0 aliphatic heterocycles. The van der Waals surface area contributed by atoms with Crippen LogP contribution < -0.4 is 10.1 Å². The highest BCUT2D eigenvalue weighted by Crippen LogP contribution is 2.35. The molecule has 0 aliphatic rings. The maximum Gasteiger partial charge on any atom is 0.316 e. The number of carbonyl (C=O) groups is 1. The van der Waals surface area contributed by atoms with Crippen LogP contribution >= 0.6 is 0 Å². The summed E-state index contributed by atoms with van der Waals surface area (Å²) in [5.41, 5.74) is 2.60. The normalized spacial score (nSPS) is 11.9. The maximum absolute atomic E-state index is 13.2. The zero-order valence-corrected chi connectivity index (χ0v) is 17.8. The fourth-order valence-electron chi connectivity index (χ4n) is 3.31. The number of nitrogens with one attached hydrogen (secondary N) is 1. The largest absolute Gasteiger partial charge is 0.481 e. The SMILES string of the molecule is CCOc1ncc(Nc2cc(C(CC)CC(=O)O)ccc2-c2cccc(C(F)F)n2)cn1. The summed E-state index contributed by atoms with van der Waals surface area (Å²) in [6.45, 7) is 4.19. The first-order valence-corrected chi connectivity index (χ1v) is 10.2. The second-order valence-electron chi connectivity index (χ2n) is 7.07. The summed E-state index contributed by atoms with van der Waals surface area (Å²) in [7, 11) is 0. The molecule has 0 radical (unpaired) electrons. The third kappa shape index (κ3) is 5.75. The molecule has 3 rings (SSSR count). The van der Waals surface area contributed by atoms with E-state index in [2.05, 4.69) is 20.3 Å². The number of anilines is 2. The van der Waals surface area contributed by atoms with Gasteiger partial charge < -0.3 is 15.2 Å². The second-order valence-corrected chi connectivity index (χ2v) is 7.07. The molecule has 7 nitrogen and oxygen atoms in total. The highest BCUT2D eigenvalue weighted by molar-refractivity contribution is 5.80. The van der Waals surface area contributed by atoms with Gasteiger partial charge in [-0.05, 0) is 43.0 Å². The van der Waals surface area contributed by atoms with Crippen molar-refractivity contribution in [3.8, 4) is 17.3 Å². The van der Waals surface area contributed by atoms with Crippen molar-refractivity contribution in [1.29, 1.82) is 0 Å². The van der Waals surface area contributed by atoms with E-state index in [-0.39, 0.29) is 24.0 Å². The first-order valence-electron chi connectivity index (χ1n) is 10.2. The van der Waals surface area contributed by atoms with Crippen molar-refractivity contribution in [2.24, 2.45) is 0 Å². The van der Waals surface area contributed by atoms with E-state index in [1.54, 1.807) is 24.5 Å². The van der Waals surface area contributed by atoms with Crippen LogP contribution in [0.5, 0.6) is 6.01 Å². The summed E-state index contributed by atoms with van der Waals surface area (Å²) in [6.07, 6.45) is 1.03. The van der Waals surface area contributed by atoms with E-state index in [9.17, 15) is 18.7 Å². The number of carboxylic acid groups (broad SMARTS) is 1. The molecule has 0 saturated carbocycles. The van der Waals surface area contributed by atoms with Crippen LogP contribution in [0, 0.1) is 0 Å². The van der Waals surface area contributed by atoms with Crippen molar-refractivity contribution in [1.82, 2.24) is 15.0 Å². The van der Waals surface area contributed by atoms with Gasteiger partial charge in [0, 0.05) is 11.3 Å². The lowest BCUT2D eigenvalue weighted by Gasteiger charge is -2.18. The van der Waals surface area contributed by atoms with Crippen molar-refractivity contribution in [3.63, 3.8) is 0 Å². The van der Waals surface area contributed by atoms with Crippen LogP contribution in [0.4, 0.5) is 20.2 Å². The van der Waals surface area contributed by atoms with E-state index < -0.39 is 12.4 Å². The molecule has 0 saturated heterocycles. The fraction of sp³-hybridized carbons (Fsp3) is 0.304. The van der Waals surface area contributed by atoms with Gasteiger partial charge in [-0.1, -0.05) is 25.1 Å². The van der Waals surface area contributed by atoms with Crippen molar-refractivity contribution >= 4 is 17.3 Å². The molecule has 168 valence electrons. The Labute approximate surface area is 184 Å². The minimum atomic E-state index is -2.69. The summed E-state index contributed by atoms with van der Waals surface area (Å²) in [5.74, 6) is -1.08. The number of hydrogen-bond donors (Lipinski definition) is 2. The quantitative estimate of drug-likeness (QED) is 0.423. The molecule has 0 fully saturated rings. The molecule has 0 bridgehead atoms.